The number of rotatable bonds is 5. The van der Waals surface area contributed by atoms with Gasteiger partial charge in [0, 0.05) is 33.8 Å². The number of fused-ring (bicyclic) bond motifs is 1. The average molecular weight is 454 g/mol. The maximum atomic E-state index is 13.1. The van der Waals surface area contributed by atoms with Crippen LogP contribution in [0.3, 0.4) is 0 Å². The molecule has 1 aromatic heterocycles. The third-order valence-electron chi connectivity index (χ3n) is 4.09. The van der Waals surface area contributed by atoms with Crippen molar-refractivity contribution < 1.29 is 42.5 Å². The van der Waals surface area contributed by atoms with Gasteiger partial charge in [-0.3, -0.25) is 24.0 Å². The zero-order chi connectivity index (χ0) is 24.3. The van der Waals surface area contributed by atoms with Crippen LogP contribution in [0.1, 0.15) is 27.7 Å². The van der Waals surface area contributed by atoms with E-state index < -0.39 is 29.3 Å². The second-order valence-electron chi connectivity index (χ2n) is 6.81. The summed E-state index contributed by atoms with van der Waals surface area (Å²) in [5.41, 5.74) is -0.0927. The molecule has 0 fully saturated rings. The molecule has 0 aliphatic rings. The predicted octanol–water partition coefficient (Wildman–Crippen LogP) is 3.16. The normalized spacial score (nSPS) is 10.4. The Morgan fingerprint density at radius 2 is 1.27 bits per heavy atom. The molecule has 33 heavy (non-hydrogen) atoms. The smallest absolute Gasteiger partial charge is 0.308 e. The van der Waals surface area contributed by atoms with Gasteiger partial charge < -0.3 is 23.4 Å². The summed E-state index contributed by atoms with van der Waals surface area (Å²) in [7, 11) is 0. The molecular formula is C23H18O10. The maximum absolute atomic E-state index is 13.1. The fraction of sp³-hybridized carbons (Fsp3) is 0.174. The van der Waals surface area contributed by atoms with E-state index in [-0.39, 0.29) is 45.1 Å². The third kappa shape index (κ3) is 5.42. The van der Waals surface area contributed by atoms with Crippen LogP contribution in [0.4, 0.5) is 0 Å². The fourth-order valence-corrected chi connectivity index (χ4v) is 2.98. The molecule has 2 aromatic carbocycles. The van der Waals surface area contributed by atoms with Crippen LogP contribution >= 0.6 is 0 Å². The van der Waals surface area contributed by atoms with Gasteiger partial charge in [0.05, 0.1) is 10.9 Å². The van der Waals surface area contributed by atoms with Gasteiger partial charge >= 0.3 is 23.9 Å². The van der Waals surface area contributed by atoms with Crippen molar-refractivity contribution in [3.63, 3.8) is 0 Å². The van der Waals surface area contributed by atoms with E-state index in [1.165, 1.54) is 37.3 Å². The SMILES string of the molecule is CC(=O)Oc1ccc2c(=O)c(-c3cc(OC(C)=O)c(OC(C)=O)c(OC(C)=O)c3)coc2c1. The van der Waals surface area contributed by atoms with Crippen LogP contribution in [0.5, 0.6) is 23.0 Å². The van der Waals surface area contributed by atoms with E-state index in [0.717, 1.165) is 27.0 Å². The molecule has 0 spiro atoms. The van der Waals surface area contributed by atoms with Crippen molar-refractivity contribution in [3.8, 4) is 34.1 Å². The Hall–Kier alpha value is -4.47. The summed E-state index contributed by atoms with van der Waals surface area (Å²) >= 11 is 0. The molecule has 0 N–H and O–H groups in total. The minimum atomic E-state index is -0.752. The van der Waals surface area contributed by atoms with E-state index in [2.05, 4.69) is 0 Å². The van der Waals surface area contributed by atoms with E-state index in [9.17, 15) is 24.0 Å². The highest BCUT2D eigenvalue weighted by Crippen LogP contribution is 2.42. The van der Waals surface area contributed by atoms with Crippen LogP contribution in [0, 0.1) is 0 Å². The maximum Gasteiger partial charge on any atom is 0.308 e. The number of hydrogen-bond donors (Lipinski definition) is 0. The monoisotopic (exact) mass is 454 g/mol. The summed E-state index contributed by atoms with van der Waals surface area (Å²) in [6.07, 6.45) is 1.15. The van der Waals surface area contributed by atoms with E-state index in [0.29, 0.717) is 0 Å². The molecule has 0 aliphatic heterocycles. The Morgan fingerprint density at radius 1 is 0.727 bits per heavy atom. The summed E-state index contributed by atoms with van der Waals surface area (Å²) in [4.78, 5) is 59.0. The molecule has 170 valence electrons. The topological polar surface area (TPSA) is 135 Å². The van der Waals surface area contributed by atoms with Crippen molar-refractivity contribution in [2.75, 3.05) is 0 Å². The molecule has 0 bridgehead atoms. The van der Waals surface area contributed by atoms with Gasteiger partial charge in [-0.25, -0.2) is 0 Å². The van der Waals surface area contributed by atoms with Crippen LogP contribution in [-0.2, 0) is 19.2 Å². The first-order valence-electron chi connectivity index (χ1n) is 9.52. The molecule has 1 heterocycles. The van der Waals surface area contributed by atoms with E-state index >= 15 is 0 Å². The number of ether oxygens (including phenoxy) is 4. The predicted molar refractivity (Wildman–Crippen MR) is 113 cm³/mol. The highest BCUT2D eigenvalue weighted by Gasteiger charge is 2.22. The second kappa shape index (κ2) is 9.35. The van der Waals surface area contributed by atoms with Crippen molar-refractivity contribution in [1.29, 1.82) is 0 Å². The lowest BCUT2D eigenvalue weighted by Gasteiger charge is -2.15. The van der Waals surface area contributed by atoms with E-state index in [4.69, 9.17) is 23.4 Å². The van der Waals surface area contributed by atoms with Gasteiger partial charge in [-0.05, 0) is 29.8 Å². The molecule has 10 heteroatoms. The molecular weight excluding hydrogens is 436 g/mol. The molecule has 0 saturated carbocycles. The van der Waals surface area contributed by atoms with Gasteiger partial charge in [-0.2, -0.15) is 0 Å². The van der Waals surface area contributed by atoms with Crippen LogP contribution in [-0.4, -0.2) is 23.9 Å². The largest absolute Gasteiger partial charge is 0.463 e. The Kier molecular flexibility index (Phi) is 6.57. The van der Waals surface area contributed by atoms with Crippen molar-refractivity contribution in [3.05, 3.63) is 46.8 Å². The van der Waals surface area contributed by atoms with Crippen molar-refractivity contribution in [2.45, 2.75) is 27.7 Å². The molecule has 0 radical (unpaired) electrons. The number of carbonyl (C=O) groups is 4. The van der Waals surface area contributed by atoms with Gasteiger partial charge in [0.25, 0.3) is 0 Å². The van der Waals surface area contributed by atoms with Crippen LogP contribution in [0.15, 0.2) is 45.8 Å². The second-order valence-corrected chi connectivity index (χ2v) is 6.81. The molecule has 0 atom stereocenters. The lowest BCUT2D eigenvalue weighted by Crippen LogP contribution is -2.12. The van der Waals surface area contributed by atoms with Gasteiger partial charge in [-0.1, -0.05) is 0 Å². The van der Waals surface area contributed by atoms with Gasteiger partial charge in [-0.15, -0.1) is 0 Å². The number of hydrogen-bond acceptors (Lipinski definition) is 10. The highest BCUT2D eigenvalue weighted by atomic mass is 16.6. The average Bonchev–Trinajstić information content (AvgIpc) is 2.69. The third-order valence-corrected chi connectivity index (χ3v) is 4.09. The van der Waals surface area contributed by atoms with Gasteiger partial charge in [0.15, 0.2) is 16.9 Å². The Morgan fingerprint density at radius 3 is 1.79 bits per heavy atom. The quantitative estimate of drug-likeness (QED) is 0.418. The Balaban J connectivity index is 2.21. The minimum absolute atomic E-state index is 0.0407. The first kappa shape index (κ1) is 23.2. The standard InChI is InChI=1S/C23H18O10/c1-11(24)30-16-5-6-17-19(9-16)29-10-18(22(17)28)15-7-20(31-12(2)25)23(33-14(4)27)21(8-15)32-13(3)26/h5-10H,1-4H3. The van der Waals surface area contributed by atoms with Crippen molar-refractivity contribution in [1.82, 2.24) is 0 Å². The van der Waals surface area contributed by atoms with Gasteiger partial charge in [0.2, 0.25) is 5.75 Å². The highest BCUT2D eigenvalue weighted by molar-refractivity contribution is 5.86. The van der Waals surface area contributed by atoms with Crippen LogP contribution in [0.2, 0.25) is 0 Å². The zero-order valence-corrected chi connectivity index (χ0v) is 18.0. The molecule has 0 saturated heterocycles. The summed E-state index contributed by atoms with van der Waals surface area (Å²) in [5.74, 6) is -3.34. The lowest BCUT2D eigenvalue weighted by atomic mass is 10.0. The lowest BCUT2D eigenvalue weighted by molar-refractivity contribution is -0.135. The summed E-state index contributed by atoms with van der Waals surface area (Å²) in [6.45, 7) is 4.61. The summed E-state index contributed by atoms with van der Waals surface area (Å²) in [6, 6.07) is 6.80. The number of benzene rings is 2. The zero-order valence-electron chi connectivity index (χ0n) is 18.0. The molecule has 3 aromatic rings. The fourth-order valence-electron chi connectivity index (χ4n) is 2.98. The van der Waals surface area contributed by atoms with E-state index in [1.807, 2.05) is 0 Å². The van der Waals surface area contributed by atoms with Gasteiger partial charge in [0.1, 0.15) is 17.6 Å². The molecule has 0 amide bonds. The van der Waals surface area contributed by atoms with Crippen molar-refractivity contribution in [2.24, 2.45) is 0 Å². The Bertz CT molecular complexity index is 1310. The summed E-state index contributed by atoms with van der Waals surface area (Å²) < 4.78 is 25.9. The summed E-state index contributed by atoms with van der Waals surface area (Å²) in [5, 5.41) is 0.176. The van der Waals surface area contributed by atoms with Crippen LogP contribution < -0.4 is 24.4 Å². The first-order valence-corrected chi connectivity index (χ1v) is 9.52. The molecule has 0 aliphatic carbocycles. The Labute approximate surface area is 186 Å². The molecule has 10 nitrogen and oxygen atoms in total. The number of esters is 4. The van der Waals surface area contributed by atoms with E-state index in [1.54, 1.807) is 0 Å². The van der Waals surface area contributed by atoms with Crippen molar-refractivity contribution >= 4 is 34.8 Å². The number of carbonyl (C=O) groups excluding carboxylic acids is 4. The molecule has 3 rings (SSSR count). The first-order chi connectivity index (χ1) is 15.5. The minimum Gasteiger partial charge on any atom is -0.463 e. The molecule has 0 unspecified atom stereocenters. The van der Waals surface area contributed by atoms with Crippen LogP contribution in [0.25, 0.3) is 22.1 Å².